The molecule has 2 aromatic carbocycles. The molecule has 0 aliphatic carbocycles. The van der Waals surface area contributed by atoms with Gasteiger partial charge in [0.15, 0.2) is 0 Å². The largest absolute Gasteiger partial charge is 0.416 e. The Morgan fingerprint density at radius 3 is 2.32 bits per heavy atom. The summed E-state index contributed by atoms with van der Waals surface area (Å²) in [5.41, 5.74) is 0.236. The number of aromatic amines is 1. The number of pyridine rings is 1. The van der Waals surface area contributed by atoms with E-state index in [2.05, 4.69) is 4.98 Å². The second-order valence-corrected chi connectivity index (χ2v) is 7.28. The van der Waals surface area contributed by atoms with E-state index in [1.165, 1.54) is 48.4 Å². The van der Waals surface area contributed by atoms with Crippen LogP contribution >= 0.6 is 0 Å². The van der Waals surface area contributed by atoms with Crippen LogP contribution in [0.4, 0.5) is 34.6 Å². The molecule has 0 bridgehead atoms. The normalized spacial score (nSPS) is 14.1. The maximum absolute atomic E-state index is 13.7. The van der Waals surface area contributed by atoms with E-state index in [-0.39, 0.29) is 29.0 Å². The van der Waals surface area contributed by atoms with E-state index in [1.807, 2.05) is 0 Å². The van der Waals surface area contributed by atoms with Crippen molar-refractivity contribution < 1.29 is 22.4 Å². The number of rotatable bonds is 2. The summed E-state index contributed by atoms with van der Waals surface area (Å²) in [5.74, 6) is -0.984. The molecule has 0 saturated carbocycles. The van der Waals surface area contributed by atoms with E-state index in [0.717, 1.165) is 12.1 Å². The Morgan fingerprint density at radius 1 is 0.968 bits per heavy atom. The van der Waals surface area contributed by atoms with Crippen molar-refractivity contribution in [3.8, 4) is 0 Å². The minimum Gasteiger partial charge on any atom is -0.327 e. The van der Waals surface area contributed by atoms with Gasteiger partial charge >= 0.3 is 6.18 Å². The topological polar surface area (TPSA) is 56.4 Å². The highest BCUT2D eigenvalue weighted by Gasteiger charge is 2.39. The lowest BCUT2D eigenvalue weighted by Gasteiger charge is -2.40. The molecular weight excluding hydrogens is 414 g/mol. The van der Waals surface area contributed by atoms with Crippen molar-refractivity contribution >= 4 is 23.0 Å². The predicted octanol–water partition coefficient (Wildman–Crippen LogP) is 4.91. The van der Waals surface area contributed by atoms with Crippen LogP contribution in [0, 0.1) is 19.7 Å². The number of anilines is 3. The van der Waals surface area contributed by atoms with Crippen molar-refractivity contribution in [2.75, 3.05) is 16.5 Å². The molecule has 4 rings (SSSR count). The summed E-state index contributed by atoms with van der Waals surface area (Å²) < 4.78 is 54.4. The predicted molar refractivity (Wildman–Crippen MR) is 108 cm³/mol. The molecule has 31 heavy (non-hydrogen) atoms. The van der Waals surface area contributed by atoms with Crippen molar-refractivity contribution in [1.82, 2.24) is 4.98 Å². The molecule has 3 aromatic rings. The number of aryl methyl sites for hydroxylation is 1. The number of carbonyl (C=O) groups is 1. The third-order valence-electron chi connectivity index (χ3n) is 5.29. The zero-order valence-electron chi connectivity index (χ0n) is 16.5. The van der Waals surface area contributed by atoms with Gasteiger partial charge in [-0.3, -0.25) is 14.5 Å². The summed E-state index contributed by atoms with van der Waals surface area (Å²) in [6.45, 7) is 2.84. The first-order valence-corrected chi connectivity index (χ1v) is 9.33. The van der Waals surface area contributed by atoms with Crippen LogP contribution in [0.15, 0.2) is 53.5 Å². The Labute approximate surface area is 174 Å². The number of hydrogen-bond donors (Lipinski definition) is 1. The van der Waals surface area contributed by atoms with E-state index in [0.29, 0.717) is 16.9 Å². The van der Waals surface area contributed by atoms with Gasteiger partial charge in [0.25, 0.3) is 5.91 Å². The van der Waals surface area contributed by atoms with E-state index in [1.54, 1.807) is 11.8 Å². The summed E-state index contributed by atoms with van der Waals surface area (Å²) in [7, 11) is 0. The number of amides is 1. The average Bonchev–Trinajstić information content (AvgIpc) is 2.69. The molecule has 1 aromatic heterocycles. The molecule has 0 atom stereocenters. The van der Waals surface area contributed by atoms with Crippen LogP contribution in [0.25, 0.3) is 0 Å². The van der Waals surface area contributed by atoms with Gasteiger partial charge in [-0.1, -0.05) is 0 Å². The smallest absolute Gasteiger partial charge is 0.327 e. The number of hydrogen-bond acceptors (Lipinski definition) is 3. The lowest BCUT2D eigenvalue weighted by molar-refractivity contribution is -0.138. The Bertz CT molecular complexity index is 1230. The Hall–Kier alpha value is -3.62. The summed E-state index contributed by atoms with van der Waals surface area (Å²) in [6.07, 6.45) is -3.24. The number of H-pyrrole nitrogens is 1. The van der Waals surface area contributed by atoms with E-state index < -0.39 is 23.5 Å². The van der Waals surface area contributed by atoms with E-state index >= 15 is 0 Å². The number of nitrogens with one attached hydrogen (secondary N) is 1. The van der Waals surface area contributed by atoms with Gasteiger partial charge in [0, 0.05) is 18.0 Å². The molecule has 1 aliphatic rings. The van der Waals surface area contributed by atoms with Gasteiger partial charge in [0.2, 0.25) is 5.56 Å². The lowest BCUT2D eigenvalue weighted by Crippen LogP contribution is -2.46. The highest BCUT2D eigenvalue weighted by atomic mass is 19.4. The van der Waals surface area contributed by atoms with Gasteiger partial charge in [0.05, 0.1) is 22.5 Å². The minimum absolute atomic E-state index is 0.0756. The molecule has 1 aliphatic heterocycles. The fraction of sp³-hybridized carbons (Fsp3) is 0.182. The molecule has 9 heteroatoms. The highest BCUT2D eigenvalue weighted by Crippen LogP contribution is 2.43. The summed E-state index contributed by atoms with van der Waals surface area (Å²) in [4.78, 5) is 30.0. The molecule has 0 radical (unpaired) electrons. The molecule has 1 N–H and O–H groups in total. The molecule has 0 fully saturated rings. The zero-order valence-corrected chi connectivity index (χ0v) is 16.5. The Balaban J connectivity index is 1.96. The van der Waals surface area contributed by atoms with Crippen LogP contribution in [0.3, 0.4) is 0 Å². The maximum Gasteiger partial charge on any atom is 0.416 e. The molecule has 1 amide bonds. The molecule has 0 saturated heterocycles. The summed E-state index contributed by atoms with van der Waals surface area (Å²) in [5, 5.41) is 0. The third kappa shape index (κ3) is 3.56. The fourth-order valence-electron chi connectivity index (χ4n) is 3.84. The van der Waals surface area contributed by atoms with Gasteiger partial charge in [-0.05, 0) is 61.4 Å². The van der Waals surface area contributed by atoms with Crippen LogP contribution < -0.4 is 15.4 Å². The Morgan fingerprint density at radius 2 is 1.71 bits per heavy atom. The summed E-state index contributed by atoms with van der Waals surface area (Å²) in [6, 6.07) is 8.70. The monoisotopic (exact) mass is 431 g/mol. The first kappa shape index (κ1) is 20.6. The molecule has 0 unspecified atom stereocenters. The Kier molecular flexibility index (Phi) is 4.83. The maximum atomic E-state index is 13.7. The van der Waals surface area contributed by atoms with Gasteiger partial charge < -0.3 is 9.88 Å². The number of fused-ring (bicyclic) bond motifs is 1. The SMILES string of the molecule is Cc1cc(F)ccc1N1CN(c2ccc(=O)[nH]c2)C(=O)c2ccc(C(F)(F)F)c(C)c21. The number of carbonyl (C=O) groups excluding carboxylic acids is 1. The minimum atomic E-state index is -4.60. The first-order chi connectivity index (χ1) is 14.6. The van der Waals surface area contributed by atoms with Gasteiger partial charge in [-0.15, -0.1) is 0 Å². The number of aromatic nitrogens is 1. The van der Waals surface area contributed by atoms with Crippen molar-refractivity contribution in [3.63, 3.8) is 0 Å². The molecule has 0 spiro atoms. The fourth-order valence-corrected chi connectivity index (χ4v) is 3.84. The molecule has 160 valence electrons. The van der Waals surface area contributed by atoms with Gasteiger partial charge in [0.1, 0.15) is 12.5 Å². The number of halogens is 4. The van der Waals surface area contributed by atoms with Crippen LogP contribution in [-0.2, 0) is 6.18 Å². The lowest BCUT2D eigenvalue weighted by atomic mass is 9.96. The van der Waals surface area contributed by atoms with Gasteiger partial charge in [-0.2, -0.15) is 13.2 Å². The summed E-state index contributed by atoms with van der Waals surface area (Å²) >= 11 is 0. The van der Waals surface area contributed by atoms with Crippen molar-refractivity contribution in [2.24, 2.45) is 0 Å². The van der Waals surface area contributed by atoms with Crippen molar-refractivity contribution in [2.45, 2.75) is 20.0 Å². The van der Waals surface area contributed by atoms with Gasteiger partial charge in [-0.25, -0.2) is 4.39 Å². The average molecular weight is 431 g/mol. The standard InChI is InChI=1S/C22H17F4N3O2/c1-12-9-14(23)3-7-18(12)29-11-28(15-4-8-19(30)27-10-15)21(31)16-5-6-17(22(24,25)26)13(2)20(16)29/h3-10H,11H2,1-2H3,(H,27,30). The number of benzene rings is 2. The quantitative estimate of drug-likeness (QED) is 0.587. The van der Waals surface area contributed by atoms with Crippen LogP contribution in [0.5, 0.6) is 0 Å². The molecule has 2 heterocycles. The third-order valence-corrected chi connectivity index (χ3v) is 5.29. The van der Waals surface area contributed by atoms with E-state index in [9.17, 15) is 27.2 Å². The second-order valence-electron chi connectivity index (χ2n) is 7.28. The molecular formula is C22H17F4N3O2. The number of nitrogens with zero attached hydrogens (tertiary/aromatic N) is 2. The number of alkyl halides is 3. The molecule has 5 nitrogen and oxygen atoms in total. The van der Waals surface area contributed by atoms with Crippen LogP contribution in [-0.4, -0.2) is 17.6 Å². The highest BCUT2D eigenvalue weighted by molar-refractivity contribution is 6.13. The van der Waals surface area contributed by atoms with Crippen LogP contribution in [0.2, 0.25) is 0 Å². The van der Waals surface area contributed by atoms with E-state index in [4.69, 9.17) is 0 Å². The second kappa shape index (κ2) is 7.26. The van der Waals surface area contributed by atoms with Crippen molar-refractivity contribution in [3.05, 3.63) is 87.1 Å². The van der Waals surface area contributed by atoms with Crippen molar-refractivity contribution in [1.29, 1.82) is 0 Å². The zero-order chi connectivity index (χ0) is 22.5. The first-order valence-electron chi connectivity index (χ1n) is 9.33. The van der Waals surface area contributed by atoms with Crippen LogP contribution in [0.1, 0.15) is 27.0 Å².